The molecule has 0 heterocycles. The third-order valence-corrected chi connectivity index (χ3v) is 3.10. The van der Waals surface area contributed by atoms with E-state index in [1.807, 2.05) is 48.5 Å². The van der Waals surface area contributed by atoms with Gasteiger partial charge in [-0.05, 0) is 36.6 Å². The zero-order chi connectivity index (χ0) is 16.5. The number of anilines is 1. The number of ether oxygens (including phenoxy) is 1. The third kappa shape index (κ3) is 4.91. The first-order chi connectivity index (χ1) is 11.2. The molecule has 0 spiro atoms. The molecule has 0 aliphatic heterocycles. The number of para-hydroxylation sites is 1. The van der Waals surface area contributed by atoms with Crippen LogP contribution in [0.4, 0.5) is 5.69 Å². The number of benzene rings is 2. The van der Waals surface area contributed by atoms with E-state index < -0.39 is 0 Å². The molecule has 0 atom stereocenters. The number of amides is 1. The van der Waals surface area contributed by atoms with Crippen molar-refractivity contribution in [1.29, 1.82) is 5.26 Å². The highest BCUT2D eigenvalue weighted by molar-refractivity contribution is 6.04. The molecule has 114 valence electrons. The Balaban J connectivity index is 2.03. The Labute approximate surface area is 135 Å². The van der Waals surface area contributed by atoms with E-state index in [0.29, 0.717) is 24.5 Å². The van der Waals surface area contributed by atoms with Crippen molar-refractivity contribution in [3.8, 4) is 23.7 Å². The number of carbonyl (C=O) groups is 1. The van der Waals surface area contributed by atoms with Crippen molar-refractivity contribution in [1.82, 2.24) is 0 Å². The first-order valence-corrected chi connectivity index (χ1v) is 7.13. The minimum absolute atomic E-state index is 0.327. The Kier molecular flexibility index (Phi) is 5.80. The van der Waals surface area contributed by atoms with Gasteiger partial charge in [-0.15, -0.1) is 0 Å². The molecule has 23 heavy (non-hydrogen) atoms. The standard InChI is InChI=1S/C19H16N2O2/c1-2-5-19(22)21-18-7-4-3-6-16(18)14-23-17-10-8-15(9-11-17)12-13-20/h3-4,6-11H,12,14H2,1H3,(H,21,22). The van der Waals surface area contributed by atoms with E-state index >= 15 is 0 Å². The van der Waals surface area contributed by atoms with Gasteiger partial charge in [0.2, 0.25) is 0 Å². The molecule has 1 N–H and O–H groups in total. The van der Waals surface area contributed by atoms with Crippen molar-refractivity contribution in [3.05, 3.63) is 59.7 Å². The molecule has 0 saturated carbocycles. The van der Waals surface area contributed by atoms with Crippen LogP contribution < -0.4 is 10.1 Å². The maximum absolute atomic E-state index is 11.6. The fourth-order valence-electron chi connectivity index (χ4n) is 1.99. The monoisotopic (exact) mass is 304 g/mol. The molecular weight excluding hydrogens is 288 g/mol. The first kappa shape index (κ1) is 16.1. The van der Waals surface area contributed by atoms with Gasteiger partial charge in [0.25, 0.3) is 5.91 Å². The van der Waals surface area contributed by atoms with Gasteiger partial charge in [0.15, 0.2) is 0 Å². The van der Waals surface area contributed by atoms with Crippen molar-refractivity contribution in [2.75, 3.05) is 5.32 Å². The number of nitrogens with zero attached hydrogens (tertiary/aromatic N) is 1. The highest BCUT2D eigenvalue weighted by atomic mass is 16.5. The van der Waals surface area contributed by atoms with Crippen molar-refractivity contribution in [2.45, 2.75) is 20.0 Å². The average molecular weight is 304 g/mol. The van der Waals surface area contributed by atoms with Crippen molar-refractivity contribution < 1.29 is 9.53 Å². The van der Waals surface area contributed by atoms with Gasteiger partial charge >= 0.3 is 0 Å². The van der Waals surface area contributed by atoms with E-state index in [9.17, 15) is 4.79 Å². The number of rotatable bonds is 5. The number of hydrogen-bond acceptors (Lipinski definition) is 3. The summed E-state index contributed by atoms with van der Waals surface area (Å²) in [4.78, 5) is 11.6. The van der Waals surface area contributed by atoms with Gasteiger partial charge in [0.1, 0.15) is 12.4 Å². The summed E-state index contributed by atoms with van der Waals surface area (Å²) >= 11 is 0. The van der Waals surface area contributed by atoms with Crippen LogP contribution in [-0.4, -0.2) is 5.91 Å². The van der Waals surface area contributed by atoms with Gasteiger partial charge in [0, 0.05) is 11.3 Å². The lowest BCUT2D eigenvalue weighted by molar-refractivity contribution is -0.111. The van der Waals surface area contributed by atoms with Gasteiger partial charge in [-0.1, -0.05) is 36.3 Å². The maximum atomic E-state index is 11.6. The molecule has 2 aromatic rings. The second kappa shape index (κ2) is 8.26. The molecule has 2 aromatic carbocycles. The summed E-state index contributed by atoms with van der Waals surface area (Å²) in [5.74, 6) is 5.37. The SMILES string of the molecule is CC#CC(=O)Nc1ccccc1COc1ccc(CC#N)cc1. The summed E-state index contributed by atoms with van der Waals surface area (Å²) < 4.78 is 5.74. The van der Waals surface area contributed by atoms with Gasteiger partial charge < -0.3 is 10.1 Å². The minimum Gasteiger partial charge on any atom is -0.489 e. The number of hydrogen-bond donors (Lipinski definition) is 1. The summed E-state index contributed by atoms with van der Waals surface area (Å²) in [7, 11) is 0. The molecule has 0 radical (unpaired) electrons. The molecule has 0 saturated heterocycles. The summed E-state index contributed by atoms with van der Waals surface area (Å²) in [5.41, 5.74) is 2.49. The van der Waals surface area contributed by atoms with Crippen LogP contribution in [0.15, 0.2) is 48.5 Å². The summed E-state index contributed by atoms with van der Waals surface area (Å²) in [6.45, 7) is 1.94. The van der Waals surface area contributed by atoms with Crippen LogP contribution in [0.2, 0.25) is 0 Å². The number of nitriles is 1. The van der Waals surface area contributed by atoms with Gasteiger partial charge in [0.05, 0.1) is 12.5 Å². The fraction of sp³-hybridized carbons (Fsp3) is 0.158. The van der Waals surface area contributed by atoms with E-state index in [1.165, 1.54) is 0 Å². The van der Waals surface area contributed by atoms with E-state index in [-0.39, 0.29) is 5.91 Å². The van der Waals surface area contributed by atoms with Crippen molar-refractivity contribution >= 4 is 11.6 Å². The second-order valence-corrected chi connectivity index (χ2v) is 4.75. The quantitative estimate of drug-likeness (QED) is 0.862. The lowest BCUT2D eigenvalue weighted by atomic mass is 10.1. The van der Waals surface area contributed by atoms with E-state index in [0.717, 1.165) is 11.1 Å². The van der Waals surface area contributed by atoms with Crippen LogP contribution in [0, 0.1) is 23.2 Å². The lowest BCUT2D eigenvalue weighted by Crippen LogP contribution is -2.11. The lowest BCUT2D eigenvalue weighted by Gasteiger charge is -2.11. The Morgan fingerprint density at radius 3 is 2.61 bits per heavy atom. The first-order valence-electron chi connectivity index (χ1n) is 7.13. The van der Waals surface area contributed by atoms with Crippen LogP contribution in [0.5, 0.6) is 5.75 Å². The smallest absolute Gasteiger partial charge is 0.300 e. The molecule has 1 amide bonds. The van der Waals surface area contributed by atoms with E-state index in [2.05, 4.69) is 23.2 Å². The molecule has 2 rings (SSSR count). The molecule has 0 bridgehead atoms. The van der Waals surface area contributed by atoms with Crippen molar-refractivity contribution in [2.24, 2.45) is 0 Å². The van der Waals surface area contributed by atoms with Crippen molar-refractivity contribution in [3.63, 3.8) is 0 Å². The Morgan fingerprint density at radius 1 is 1.17 bits per heavy atom. The Hall–Kier alpha value is -3.24. The predicted molar refractivity (Wildman–Crippen MR) is 88.6 cm³/mol. The van der Waals surface area contributed by atoms with Crippen LogP contribution in [-0.2, 0) is 17.8 Å². The predicted octanol–water partition coefficient (Wildman–Crippen LogP) is 3.29. The van der Waals surface area contributed by atoms with Crippen LogP contribution in [0.25, 0.3) is 0 Å². The highest BCUT2D eigenvalue weighted by Gasteiger charge is 2.05. The molecule has 0 aliphatic rings. The Bertz CT molecular complexity index is 777. The fourth-order valence-corrected chi connectivity index (χ4v) is 1.99. The molecule has 0 aliphatic carbocycles. The summed E-state index contributed by atoms with van der Waals surface area (Å²) in [5, 5.41) is 11.4. The topological polar surface area (TPSA) is 62.1 Å². The third-order valence-electron chi connectivity index (χ3n) is 3.10. The van der Waals surface area contributed by atoms with Crippen LogP contribution in [0.3, 0.4) is 0 Å². The highest BCUT2D eigenvalue weighted by Crippen LogP contribution is 2.19. The van der Waals surface area contributed by atoms with Crippen LogP contribution in [0.1, 0.15) is 18.1 Å². The molecule has 4 nitrogen and oxygen atoms in total. The zero-order valence-electron chi connectivity index (χ0n) is 12.8. The average Bonchev–Trinajstić information content (AvgIpc) is 2.56. The van der Waals surface area contributed by atoms with Gasteiger partial charge in [-0.25, -0.2) is 0 Å². The molecule has 0 fully saturated rings. The molecule has 4 heteroatoms. The molecular formula is C19H16N2O2. The van der Waals surface area contributed by atoms with Gasteiger partial charge in [-0.2, -0.15) is 5.26 Å². The van der Waals surface area contributed by atoms with Gasteiger partial charge in [-0.3, -0.25) is 4.79 Å². The number of carbonyl (C=O) groups excluding carboxylic acids is 1. The molecule has 0 unspecified atom stereocenters. The number of nitrogens with one attached hydrogen (secondary N) is 1. The molecule has 0 aromatic heterocycles. The second-order valence-electron chi connectivity index (χ2n) is 4.75. The zero-order valence-corrected chi connectivity index (χ0v) is 12.8. The minimum atomic E-state index is -0.346. The Morgan fingerprint density at radius 2 is 1.91 bits per heavy atom. The normalized spacial score (nSPS) is 9.22. The van der Waals surface area contributed by atoms with E-state index in [1.54, 1.807) is 6.92 Å². The summed E-state index contributed by atoms with van der Waals surface area (Å²) in [6, 6.07) is 16.9. The van der Waals surface area contributed by atoms with Crippen LogP contribution >= 0.6 is 0 Å². The maximum Gasteiger partial charge on any atom is 0.300 e. The summed E-state index contributed by atoms with van der Waals surface area (Å²) in [6.07, 6.45) is 0.383. The largest absolute Gasteiger partial charge is 0.489 e. The van der Waals surface area contributed by atoms with E-state index in [4.69, 9.17) is 10.00 Å².